The summed E-state index contributed by atoms with van der Waals surface area (Å²) in [5.41, 5.74) is 2.18. The summed E-state index contributed by atoms with van der Waals surface area (Å²) in [6, 6.07) is 9.72. The number of ether oxygens (including phenoxy) is 3. The molecule has 0 aliphatic heterocycles. The fourth-order valence-electron chi connectivity index (χ4n) is 2.79. The highest BCUT2D eigenvalue weighted by atomic mass is 16.5. The van der Waals surface area contributed by atoms with E-state index in [-0.39, 0.29) is 6.61 Å². The molecule has 0 atom stereocenters. The second-order valence-corrected chi connectivity index (χ2v) is 5.60. The maximum absolute atomic E-state index is 5.97. The van der Waals surface area contributed by atoms with E-state index in [4.69, 9.17) is 14.2 Å². The Labute approximate surface area is 154 Å². The fraction of sp³-hybridized carbons (Fsp3) is 0.235. The van der Waals surface area contributed by atoms with Gasteiger partial charge in [0.2, 0.25) is 0 Å². The fourth-order valence-corrected chi connectivity index (χ4v) is 2.79. The smallest absolute Gasteiger partial charge is 0.305 e. The van der Waals surface area contributed by atoms with Crippen LogP contribution < -0.4 is 14.2 Å². The molecule has 27 heavy (non-hydrogen) atoms. The normalized spacial score (nSPS) is 10.9. The average Bonchev–Trinajstić information content (AvgIpc) is 3.28. The highest BCUT2D eigenvalue weighted by molar-refractivity contribution is 5.78. The van der Waals surface area contributed by atoms with Crippen molar-refractivity contribution in [3.05, 3.63) is 42.2 Å². The highest BCUT2D eigenvalue weighted by Gasteiger charge is 2.19. The predicted octanol–water partition coefficient (Wildman–Crippen LogP) is 1.54. The van der Waals surface area contributed by atoms with Crippen LogP contribution in [0, 0.1) is 0 Å². The Hall–Kier alpha value is -3.69. The van der Waals surface area contributed by atoms with Crippen molar-refractivity contribution in [3.63, 3.8) is 0 Å². The molecule has 3 heterocycles. The second kappa shape index (κ2) is 6.90. The van der Waals surface area contributed by atoms with Gasteiger partial charge in [0.25, 0.3) is 5.95 Å². The highest BCUT2D eigenvalue weighted by Crippen LogP contribution is 2.30. The first kappa shape index (κ1) is 16.8. The molecule has 0 spiro atoms. The number of fused-ring (bicyclic) bond motifs is 1. The Bertz CT molecular complexity index is 1090. The first-order valence-corrected chi connectivity index (χ1v) is 8.11. The number of benzene rings is 1. The number of tetrazole rings is 1. The van der Waals surface area contributed by atoms with E-state index in [1.54, 1.807) is 42.8 Å². The number of hydrogen-bond donors (Lipinski definition) is 0. The first-order chi connectivity index (χ1) is 13.2. The van der Waals surface area contributed by atoms with Crippen LogP contribution in [0.3, 0.4) is 0 Å². The Morgan fingerprint density at radius 3 is 2.67 bits per heavy atom. The Balaban J connectivity index is 1.74. The van der Waals surface area contributed by atoms with Gasteiger partial charge in [0, 0.05) is 19.3 Å². The first-order valence-electron chi connectivity index (χ1n) is 8.11. The molecule has 4 aromatic rings. The summed E-state index contributed by atoms with van der Waals surface area (Å²) in [5, 5.41) is 11.7. The molecule has 0 amide bonds. The number of methoxy groups -OCH3 is 2. The van der Waals surface area contributed by atoms with Crippen molar-refractivity contribution in [3.8, 4) is 23.5 Å². The third-order valence-electron chi connectivity index (χ3n) is 4.03. The van der Waals surface area contributed by atoms with Gasteiger partial charge >= 0.3 is 6.01 Å². The third-order valence-corrected chi connectivity index (χ3v) is 4.03. The van der Waals surface area contributed by atoms with E-state index >= 15 is 0 Å². The minimum absolute atomic E-state index is 0.134. The molecule has 4 rings (SSSR count). The molecule has 0 unspecified atom stereocenters. The van der Waals surface area contributed by atoms with E-state index in [9.17, 15) is 0 Å². The van der Waals surface area contributed by atoms with Crippen LogP contribution in [0.4, 0.5) is 0 Å². The molecule has 0 aliphatic carbocycles. The average molecular weight is 367 g/mol. The molecular formula is C17H17N7O3. The van der Waals surface area contributed by atoms with Gasteiger partial charge in [-0.3, -0.25) is 4.98 Å². The zero-order valence-corrected chi connectivity index (χ0v) is 15.0. The molecule has 0 radical (unpaired) electrons. The number of aryl methyl sites for hydroxylation is 1. The summed E-state index contributed by atoms with van der Waals surface area (Å²) in [6.45, 7) is 0.134. The van der Waals surface area contributed by atoms with Crippen LogP contribution in [-0.4, -0.2) is 49.0 Å². The van der Waals surface area contributed by atoms with Crippen LogP contribution in [0.2, 0.25) is 0 Å². The van der Waals surface area contributed by atoms with Gasteiger partial charge in [0.05, 0.1) is 25.3 Å². The van der Waals surface area contributed by atoms with Crippen molar-refractivity contribution in [2.24, 2.45) is 7.05 Å². The van der Waals surface area contributed by atoms with E-state index < -0.39 is 0 Å². The lowest BCUT2D eigenvalue weighted by atomic mass is 10.3. The molecule has 0 N–H and O–H groups in total. The van der Waals surface area contributed by atoms with Crippen LogP contribution in [0.25, 0.3) is 17.0 Å². The minimum atomic E-state index is 0.134. The quantitative estimate of drug-likeness (QED) is 0.506. The lowest BCUT2D eigenvalue weighted by Crippen LogP contribution is -2.09. The van der Waals surface area contributed by atoms with Gasteiger partial charge < -0.3 is 14.2 Å². The lowest BCUT2D eigenvalue weighted by molar-refractivity contribution is 0.261. The summed E-state index contributed by atoms with van der Waals surface area (Å²) in [5.74, 6) is 1.59. The van der Waals surface area contributed by atoms with Gasteiger partial charge in [-0.2, -0.15) is 4.98 Å². The topological polar surface area (TPSA) is 102 Å². The van der Waals surface area contributed by atoms with Crippen LogP contribution in [0.1, 0.15) is 5.69 Å². The molecule has 3 aromatic heterocycles. The number of aromatic nitrogens is 7. The second-order valence-electron chi connectivity index (χ2n) is 5.60. The molecule has 0 aliphatic rings. The van der Waals surface area contributed by atoms with Crippen molar-refractivity contribution in [1.82, 2.24) is 34.7 Å². The van der Waals surface area contributed by atoms with Gasteiger partial charge in [-0.15, -0.1) is 0 Å². The monoisotopic (exact) mass is 367 g/mol. The van der Waals surface area contributed by atoms with E-state index in [0.717, 1.165) is 11.0 Å². The van der Waals surface area contributed by atoms with E-state index in [2.05, 4.69) is 25.5 Å². The lowest BCUT2D eigenvalue weighted by Gasteiger charge is -2.12. The summed E-state index contributed by atoms with van der Waals surface area (Å²) >= 11 is 0. The predicted molar refractivity (Wildman–Crippen MR) is 95.1 cm³/mol. The van der Waals surface area contributed by atoms with Gasteiger partial charge in [-0.1, -0.05) is 17.2 Å². The Morgan fingerprint density at radius 1 is 1.07 bits per heavy atom. The largest absolute Gasteiger partial charge is 0.493 e. The molecule has 10 nitrogen and oxygen atoms in total. The third kappa shape index (κ3) is 2.90. The van der Waals surface area contributed by atoms with Gasteiger partial charge in [0.1, 0.15) is 12.3 Å². The van der Waals surface area contributed by atoms with E-state index in [0.29, 0.717) is 29.2 Å². The van der Waals surface area contributed by atoms with Crippen molar-refractivity contribution in [2.45, 2.75) is 6.61 Å². The summed E-state index contributed by atoms with van der Waals surface area (Å²) in [4.78, 5) is 8.88. The SMILES string of the molecule is COc1ccnc(COc2nc3ccccc3n2-c2nnnn2C)c1OC. The molecule has 1 aromatic carbocycles. The number of pyridine rings is 1. The molecule has 0 fully saturated rings. The van der Waals surface area contributed by atoms with Crippen molar-refractivity contribution in [1.29, 1.82) is 0 Å². The molecule has 0 saturated heterocycles. The number of para-hydroxylation sites is 2. The maximum Gasteiger partial charge on any atom is 0.305 e. The molecular weight excluding hydrogens is 350 g/mol. The molecule has 10 heteroatoms. The molecule has 0 saturated carbocycles. The van der Waals surface area contributed by atoms with E-state index in [1.807, 2.05) is 24.3 Å². The van der Waals surface area contributed by atoms with Gasteiger partial charge in [-0.05, 0) is 22.6 Å². The van der Waals surface area contributed by atoms with Crippen molar-refractivity contribution < 1.29 is 14.2 Å². The maximum atomic E-state index is 5.97. The van der Waals surface area contributed by atoms with Crippen LogP contribution in [0.5, 0.6) is 17.5 Å². The number of hydrogen-bond acceptors (Lipinski definition) is 8. The zero-order chi connectivity index (χ0) is 18.8. The van der Waals surface area contributed by atoms with Crippen LogP contribution in [0.15, 0.2) is 36.5 Å². The Kier molecular flexibility index (Phi) is 4.29. The van der Waals surface area contributed by atoms with Crippen LogP contribution in [-0.2, 0) is 13.7 Å². The summed E-state index contributed by atoms with van der Waals surface area (Å²) in [7, 11) is 4.88. The van der Waals surface area contributed by atoms with Gasteiger partial charge in [0.15, 0.2) is 11.5 Å². The number of rotatable bonds is 6. The molecule has 138 valence electrons. The minimum Gasteiger partial charge on any atom is -0.493 e. The molecule has 0 bridgehead atoms. The van der Waals surface area contributed by atoms with E-state index in [1.165, 1.54) is 0 Å². The summed E-state index contributed by atoms with van der Waals surface area (Å²) in [6.07, 6.45) is 1.63. The van der Waals surface area contributed by atoms with Crippen molar-refractivity contribution in [2.75, 3.05) is 14.2 Å². The van der Waals surface area contributed by atoms with Gasteiger partial charge in [-0.25, -0.2) is 9.25 Å². The number of nitrogens with zero attached hydrogens (tertiary/aromatic N) is 7. The van der Waals surface area contributed by atoms with Crippen LogP contribution >= 0.6 is 0 Å². The zero-order valence-electron chi connectivity index (χ0n) is 15.0. The van der Waals surface area contributed by atoms with Crippen molar-refractivity contribution >= 4 is 11.0 Å². The summed E-state index contributed by atoms with van der Waals surface area (Å²) < 4.78 is 20.0. The standard InChI is InChI=1S/C17H17N7O3/c1-23-16(20-21-22-23)24-13-7-5-4-6-11(13)19-17(24)27-10-12-15(26-3)14(25-2)8-9-18-12/h4-9H,10H2,1-3H3. The Morgan fingerprint density at radius 2 is 1.93 bits per heavy atom. The number of imidazole rings is 1.